The smallest absolute Gasteiger partial charge is 0.0186 e. The van der Waals surface area contributed by atoms with Crippen LogP contribution in [0, 0.1) is 0 Å². The normalized spacial score (nSPS) is 15.1. The summed E-state index contributed by atoms with van der Waals surface area (Å²) in [4.78, 5) is 2.24. The molecule has 2 nitrogen and oxygen atoms in total. The van der Waals surface area contributed by atoms with Gasteiger partial charge in [0, 0.05) is 18.6 Å². The van der Waals surface area contributed by atoms with E-state index in [-0.39, 0.29) is 0 Å². The summed E-state index contributed by atoms with van der Waals surface area (Å²) in [5, 5.41) is 3.57. The number of hydrogen-bond donors (Lipinski definition) is 1. The second kappa shape index (κ2) is 6.66. The van der Waals surface area contributed by atoms with Crippen molar-refractivity contribution in [1.29, 1.82) is 0 Å². The monoisotopic (exact) mass is 220 g/mol. The summed E-state index contributed by atoms with van der Waals surface area (Å²) >= 11 is 0. The second-order valence-corrected chi connectivity index (χ2v) is 4.81. The van der Waals surface area contributed by atoms with Gasteiger partial charge in [0.1, 0.15) is 0 Å². The molecule has 2 heteroatoms. The Balaban J connectivity index is 2.29. The van der Waals surface area contributed by atoms with E-state index < -0.39 is 0 Å². The molecule has 2 unspecified atom stereocenters. The van der Waals surface area contributed by atoms with Crippen LogP contribution in [-0.4, -0.2) is 37.6 Å². The maximum Gasteiger partial charge on any atom is 0.0186 e. The molecule has 16 heavy (non-hydrogen) atoms. The van der Waals surface area contributed by atoms with Crippen molar-refractivity contribution in [2.24, 2.45) is 0 Å². The van der Waals surface area contributed by atoms with Crippen molar-refractivity contribution >= 4 is 0 Å². The van der Waals surface area contributed by atoms with Gasteiger partial charge in [-0.1, -0.05) is 30.3 Å². The van der Waals surface area contributed by atoms with Crippen LogP contribution in [0.15, 0.2) is 30.3 Å². The summed E-state index contributed by atoms with van der Waals surface area (Å²) < 4.78 is 0. The first-order valence-corrected chi connectivity index (χ1v) is 6.03. The van der Waals surface area contributed by atoms with Crippen molar-refractivity contribution in [1.82, 2.24) is 10.2 Å². The van der Waals surface area contributed by atoms with Gasteiger partial charge in [-0.05, 0) is 39.9 Å². The van der Waals surface area contributed by atoms with Gasteiger partial charge in [-0.25, -0.2) is 0 Å². The molecule has 1 N–H and O–H groups in total. The van der Waals surface area contributed by atoms with Crippen molar-refractivity contribution in [3.63, 3.8) is 0 Å². The van der Waals surface area contributed by atoms with Gasteiger partial charge >= 0.3 is 0 Å². The minimum absolute atomic E-state index is 0.532. The van der Waals surface area contributed by atoms with Gasteiger partial charge < -0.3 is 10.2 Å². The molecule has 0 spiro atoms. The molecule has 0 aliphatic rings. The Labute approximate surface area is 99.7 Å². The lowest BCUT2D eigenvalue weighted by molar-refractivity contribution is 0.295. The number of nitrogens with zero attached hydrogens (tertiary/aromatic N) is 1. The van der Waals surface area contributed by atoms with Gasteiger partial charge in [-0.15, -0.1) is 0 Å². The molecule has 0 bridgehead atoms. The molecular formula is C14H24N2. The molecule has 90 valence electrons. The summed E-state index contributed by atoms with van der Waals surface area (Å²) in [6.45, 7) is 5.53. The summed E-state index contributed by atoms with van der Waals surface area (Å²) in [7, 11) is 4.24. The molecule has 0 heterocycles. The van der Waals surface area contributed by atoms with E-state index in [9.17, 15) is 0 Å². The average Bonchev–Trinajstić information content (AvgIpc) is 2.27. The number of rotatable bonds is 6. The Hall–Kier alpha value is -0.860. The first kappa shape index (κ1) is 13.2. The number of likely N-dealkylation sites (N-methyl/N-ethyl adjacent to an activating group) is 1. The van der Waals surface area contributed by atoms with Crippen LogP contribution in [0.5, 0.6) is 0 Å². The van der Waals surface area contributed by atoms with Crippen molar-refractivity contribution in [2.45, 2.75) is 32.4 Å². The zero-order valence-electron chi connectivity index (χ0n) is 10.9. The third-order valence-corrected chi connectivity index (χ3v) is 3.03. The van der Waals surface area contributed by atoms with Gasteiger partial charge in [-0.2, -0.15) is 0 Å². The molecule has 1 rings (SSSR count). The molecule has 0 aliphatic heterocycles. The third-order valence-electron chi connectivity index (χ3n) is 3.03. The minimum Gasteiger partial charge on any atom is -0.312 e. The average molecular weight is 220 g/mol. The highest BCUT2D eigenvalue weighted by atomic mass is 15.1. The molecule has 0 saturated heterocycles. The summed E-state index contributed by atoms with van der Waals surface area (Å²) in [6.07, 6.45) is 1.10. The second-order valence-electron chi connectivity index (χ2n) is 4.81. The first-order chi connectivity index (χ1) is 7.59. The van der Waals surface area contributed by atoms with Gasteiger partial charge in [0.05, 0.1) is 0 Å². The lowest BCUT2D eigenvalue weighted by Crippen LogP contribution is -2.39. The van der Waals surface area contributed by atoms with E-state index in [1.807, 2.05) is 0 Å². The van der Waals surface area contributed by atoms with Crippen LogP contribution in [0.3, 0.4) is 0 Å². The van der Waals surface area contributed by atoms with E-state index in [0.717, 1.165) is 13.0 Å². The zero-order valence-corrected chi connectivity index (χ0v) is 10.9. The summed E-state index contributed by atoms with van der Waals surface area (Å²) in [5.41, 5.74) is 1.40. The van der Waals surface area contributed by atoms with Crippen molar-refractivity contribution in [3.05, 3.63) is 35.9 Å². The van der Waals surface area contributed by atoms with Crippen LogP contribution in [-0.2, 0) is 6.42 Å². The molecule has 0 saturated carbocycles. The Morgan fingerprint density at radius 2 is 1.75 bits per heavy atom. The van der Waals surface area contributed by atoms with Crippen molar-refractivity contribution < 1.29 is 0 Å². The highest BCUT2D eigenvalue weighted by Crippen LogP contribution is 2.02. The van der Waals surface area contributed by atoms with E-state index >= 15 is 0 Å². The lowest BCUT2D eigenvalue weighted by atomic mass is 10.1. The molecule has 1 aromatic rings. The topological polar surface area (TPSA) is 15.3 Å². The van der Waals surface area contributed by atoms with Crippen LogP contribution in [0.2, 0.25) is 0 Å². The van der Waals surface area contributed by atoms with Crippen LogP contribution in [0.1, 0.15) is 19.4 Å². The van der Waals surface area contributed by atoms with E-state index in [2.05, 4.69) is 68.5 Å². The fraction of sp³-hybridized carbons (Fsp3) is 0.571. The molecule has 1 aromatic carbocycles. The first-order valence-electron chi connectivity index (χ1n) is 6.03. The lowest BCUT2D eigenvalue weighted by Gasteiger charge is -2.22. The highest BCUT2D eigenvalue weighted by molar-refractivity contribution is 5.15. The molecule has 0 amide bonds. The molecule has 0 aromatic heterocycles. The van der Waals surface area contributed by atoms with Gasteiger partial charge in [0.25, 0.3) is 0 Å². The largest absolute Gasteiger partial charge is 0.312 e. The van der Waals surface area contributed by atoms with Gasteiger partial charge in [-0.3, -0.25) is 0 Å². The van der Waals surface area contributed by atoms with Crippen molar-refractivity contribution in [2.75, 3.05) is 20.6 Å². The fourth-order valence-electron chi connectivity index (χ4n) is 1.59. The quantitative estimate of drug-likeness (QED) is 0.790. The van der Waals surface area contributed by atoms with Crippen molar-refractivity contribution in [3.8, 4) is 0 Å². The molecule has 2 atom stereocenters. The maximum atomic E-state index is 3.57. The summed E-state index contributed by atoms with van der Waals surface area (Å²) in [6, 6.07) is 11.8. The fourth-order valence-corrected chi connectivity index (χ4v) is 1.59. The number of hydrogen-bond acceptors (Lipinski definition) is 2. The van der Waals surface area contributed by atoms with E-state index in [1.165, 1.54) is 5.56 Å². The standard InChI is InChI=1S/C14H24N2/c1-12(15-11-13(2)16(3)4)10-14-8-6-5-7-9-14/h5-9,12-13,15H,10-11H2,1-4H3. The van der Waals surface area contributed by atoms with Crippen LogP contribution in [0.4, 0.5) is 0 Å². The minimum atomic E-state index is 0.532. The highest BCUT2D eigenvalue weighted by Gasteiger charge is 2.07. The molecule has 0 aliphatic carbocycles. The molecule has 0 fully saturated rings. The van der Waals surface area contributed by atoms with Crippen LogP contribution >= 0.6 is 0 Å². The Bertz CT molecular complexity index is 282. The van der Waals surface area contributed by atoms with E-state index in [0.29, 0.717) is 12.1 Å². The molecular weight excluding hydrogens is 196 g/mol. The Kier molecular flexibility index (Phi) is 5.50. The van der Waals surface area contributed by atoms with Gasteiger partial charge in [0.2, 0.25) is 0 Å². The third kappa shape index (κ3) is 4.77. The SMILES string of the molecule is CC(Cc1ccccc1)NCC(C)N(C)C. The van der Waals surface area contributed by atoms with Gasteiger partial charge in [0.15, 0.2) is 0 Å². The van der Waals surface area contributed by atoms with E-state index in [4.69, 9.17) is 0 Å². The predicted molar refractivity (Wildman–Crippen MR) is 70.8 cm³/mol. The van der Waals surface area contributed by atoms with E-state index in [1.54, 1.807) is 0 Å². The molecule has 0 radical (unpaired) electrons. The Morgan fingerprint density at radius 1 is 1.12 bits per heavy atom. The van der Waals surface area contributed by atoms with Crippen LogP contribution < -0.4 is 5.32 Å². The number of benzene rings is 1. The zero-order chi connectivity index (χ0) is 12.0. The van der Waals surface area contributed by atoms with Crippen LogP contribution in [0.25, 0.3) is 0 Å². The maximum absolute atomic E-state index is 3.57. The number of nitrogens with one attached hydrogen (secondary N) is 1. The summed E-state index contributed by atoms with van der Waals surface area (Å²) in [5.74, 6) is 0. The predicted octanol–water partition coefficient (Wildman–Crippen LogP) is 2.16. The Morgan fingerprint density at radius 3 is 2.31 bits per heavy atom.